The first-order valence-corrected chi connectivity index (χ1v) is 2.19. The van der Waals surface area contributed by atoms with Gasteiger partial charge in [0.1, 0.15) is 0 Å². The van der Waals surface area contributed by atoms with E-state index in [1.807, 2.05) is 0 Å². The Morgan fingerprint density at radius 3 is 1.00 bits per heavy atom. The summed E-state index contributed by atoms with van der Waals surface area (Å²) in [6.07, 6.45) is 0. The van der Waals surface area contributed by atoms with Gasteiger partial charge in [-0.3, -0.25) is 0 Å². The van der Waals surface area contributed by atoms with E-state index >= 15 is 0 Å². The molecule has 0 unspecified atom stereocenters. The quantitative estimate of drug-likeness (QED) is 0.321. The number of hydrogen-bond donors (Lipinski definition) is 0. The molecule has 40 valence electrons. The molecule has 8 heteroatoms. The minimum atomic E-state index is -5.39. The fraction of sp³-hybridized carbons (Fsp3) is 0. The third-order valence-corrected chi connectivity index (χ3v) is 0. The van der Waals surface area contributed by atoms with E-state index in [0.717, 1.165) is 0 Å². The minimum absolute atomic E-state index is 0. The molecule has 0 aromatic rings. The molecule has 0 aliphatic heterocycles. The third-order valence-electron chi connectivity index (χ3n) is 0. The molecule has 0 amide bonds. The van der Waals surface area contributed by atoms with Crippen molar-refractivity contribution in [2.75, 3.05) is 0 Å². The van der Waals surface area contributed by atoms with Gasteiger partial charge in [-0.2, -0.15) is 7.82 Å². The average molecular weight is 261 g/mol. The van der Waals surface area contributed by atoms with Crippen molar-refractivity contribution in [3.8, 4) is 0 Å². The van der Waals surface area contributed by atoms with E-state index in [2.05, 4.69) is 0 Å². The summed E-state index contributed by atoms with van der Waals surface area (Å²) in [6, 6.07) is 0. The van der Waals surface area contributed by atoms with Crippen LogP contribution >= 0.6 is 7.82 Å². The molecule has 0 heterocycles. The van der Waals surface area contributed by atoms with Gasteiger partial charge in [-0.15, -0.1) is 0 Å². The average Bonchev–Trinajstić information content (AvgIpc) is 0.722. The van der Waals surface area contributed by atoms with E-state index in [1.165, 1.54) is 0 Å². The van der Waals surface area contributed by atoms with Crippen LogP contribution in [0.4, 0.5) is 0 Å². The van der Waals surface area contributed by atoms with Crippen LogP contribution in [0.1, 0.15) is 0 Å². The van der Waals surface area contributed by atoms with Crippen molar-refractivity contribution in [1.29, 1.82) is 0 Å². The van der Waals surface area contributed by atoms with Crippen molar-refractivity contribution < 1.29 is 70.6 Å². The molecule has 0 saturated carbocycles. The predicted molar refractivity (Wildman–Crippen MR) is 7.61 cm³/mol. The second kappa shape index (κ2) is 8.65. The van der Waals surface area contributed by atoms with Crippen molar-refractivity contribution in [3.05, 3.63) is 0 Å². The molecule has 0 fully saturated rings. The molecule has 0 aromatic carbocycles. The number of rotatable bonds is 0. The summed E-state index contributed by atoms with van der Waals surface area (Å²) in [6.45, 7) is 0. The molecule has 0 aliphatic rings. The Hall–Kier alpha value is 1.65. The second-order valence-electron chi connectivity index (χ2n) is 0.447. The Morgan fingerprint density at radius 1 is 1.00 bits per heavy atom. The van der Waals surface area contributed by atoms with E-state index < -0.39 is 7.82 Å². The van der Waals surface area contributed by atoms with Gasteiger partial charge in [0.15, 0.2) is 0 Å². The fourth-order valence-corrected chi connectivity index (χ4v) is 0. The molecule has 0 N–H and O–H groups in total. The minimum Gasteiger partial charge on any atom is -1.00 e. The predicted octanol–water partition coefficient (Wildman–Crippen LogP) is -5.83. The largest absolute Gasteiger partial charge is 2.00 e. The van der Waals surface area contributed by atoms with E-state index in [-0.39, 0.29) is 51.4 Å². The first kappa shape index (κ1) is 22.6. The molecule has 0 rings (SSSR count). The van der Waals surface area contributed by atoms with Crippen molar-refractivity contribution in [1.82, 2.24) is 0 Å². The third kappa shape index (κ3) is 125. The normalized spacial score (nSPS) is 7.38. The zero-order valence-corrected chi connectivity index (χ0v) is 11.5. The maximum atomic E-state index is 8.55. The molecule has 0 atom stereocenters. The molecule has 0 radical (unpaired) electrons. The molecule has 0 spiro atoms. The van der Waals surface area contributed by atoms with Gasteiger partial charge in [-0.25, -0.2) is 0 Å². The SMILES string of the molecule is O=P([O-])([O-])[O-].[Cl-].[Zn+2].[Zn+2]. The van der Waals surface area contributed by atoms with Crippen LogP contribution in [0.25, 0.3) is 0 Å². The first-order chi connectivity index (χ1) is 2.00. The summed E-state index contributed by atoms with van der Waals surface area (Å²) in [5, 5.41) is 0. The Balaban J connectivity index is -0.0000000267. The second-order valence-corrected chi connectivity index (χ2v) is 1.34. The Bertz CT molecular complexity index is 60.2. The van der Waals surface area contributed by atoms with Crippen molar-refractivity contribution in [3.63, 3.8) is 0 Å². The van der Waals surface area contributed by atoms with Gasteiger partial charge in [0.2, 0.25) is 0 Å². The topological polar surface area (TPSA) is 86.2 Å². The summed E-state index contributed by atoms with van der Waals surface area (Å²) < 4.78 is 8.55. The standard InChI is InChI=1S/ClH.H3O4P.2Zn/c;1-5(2,3)4;;/h1H;(H3,1,2,3,4);;/q;;2*+2/p-4. The van der Waals surface area contributed by atoms with Crippen LogP contribution in [0.2, 0.25) is 0 Å². The van der Waals surface area contributed by atoms with E-state index in [0.29, 0.717) is 0 Å². The monoisotopic (exact) mass is 258 g/mol. The van der Waals surface area contributed by atoms with Gasteiger partial charge < -0.3 is 31.7 Å². The summed E-state index contributed by atoms with van der Waals surface area (Å²) in [5.41, 5.74) is 0. The van der Waals surface area contributed by atoms with Crippen LogP contribution in [-0.2, 0) is 43.5 Å². The van der Waals surface area contributed by atoms with Crippen LogP contribution < -0.4 is 27.1 Å². The number of phosphoric acid groups is 1. The zero-order valence-electron chi connectivity index (χ0n) is 3.87. The van der Waals surface area contributed by atoms with E-state index in [9.17, 15) is 0 Å². The maximum Gasteiger partial charge on any atom is 2.00 e. The van der Waals surface area contributed by atoms with Crippen LogP contribution in [0, 0.1) is 0 Å². The van der Waals surface area contributed by atoms with E-state index in [4.69, 9.17) is 19.2 Å². The van der Waals surface area contributed by atoms with Gasteiger partial charge in [0.25, 0.3) is 0 Å². The molecule has 0 aromatic heterocycles. The Morgan fingerprint density at radius 2 is 1.00 bits per heavy atom. The zero-order chi connectivity index (χ0) is 4.50. The van der Waals surface area contributed by atoms with Crippen LogP contribution in [-0.4, -0.2) is 0 Å². The molecular formula is ClO4PZn2. The summed E-state index contributed by atoms with van der Waals surface area (Å²) in [5.74, 6) is 0. The smallest absolute Gasteiger partial charge is 1.00 e. The van der Waals surface area contributed by atoms with Crippen molar-refractivity contribution >= 4 is 7.82 Å². The van der Waals surface area contributed by atoms with Gasteiger partial charge in [-0.1, -0.05) is 0 Å². The van der Waals surface area contributed by atoms with Gasteiger partial charge in [0.05, 0.1) is 0 Å². The summed E-state index contributed by atoms with van der Waals surface area (Å²) in [4.78, 5) is 25.6. The number of hydrogen-bond acceptors (Lipinski definition) is 4. The van der Waals surface area contributed by atoms with Gasteiger partial charge in [0, 0.05) is 0 Å². The molecule has 0 aliphatic carbocycles. The molecule has 8 heavy (non-hydrogen) atoms. The maximum absolute atomic E-state index is 8.55. The molecule has 4 nitrogen and oxygen atoms in total. The Kier molecular flexibility index (Phi) is 24.4. The van der Waals surface area contributed by atoms with Crippen molar-refractivity contribution in [2.45, 2.75) is 0 Å². The van der Waals surface area contributed by atoms with Crippen LogP contribution in [0.5, 0.6) is 0 Å². The first-order valence-electron chi connectivity index (χ1n) is 0.730. The van der Waals surface area contributed by atoms with Gasteiger partial charge in [-0.05, 0) is 0 Å². The molecule has 0 bridgehead atoms. The molecule has 0 saturated heterocycles. The van der Waals surface area contributed by atoms with Crippen molar-refractivity contribution in [2.24, 2.45) is 0 Å². The molecular weight excluding hydrogens is 261 g/mol. The fourth-order valence-electron chi connectivity index (χ4n) is 0. The summed E-state index contributed by atoms with van der Waals surface area (Å²) in [7, 11) is -5.39. The Labute approximate surface area is 78.2 Å². The van der Waals surface area contributed by atoms with E-state index in [1.54, 1.807) is 0 Å². The number of halogens is 1. The summed E-state index contributed by atoms with van der Waals surface area (Å²) >= 11 is 0. The van der Waals surface area contributed by atoms with Crippen LogP contribution in [0.3, 0.4) is 0 Å². The van der Waals surface area contributed by atoms with Gasteiger partial charge >= 0.3 is 39.0 Å². The van der Waals surface area contributed by atoms with Crippen LogP contribution in [0.15, 0.2) is 0 Å².